The highest BCUT2D eigenvalue weighted by molar-refractivity contribution is 5.80. The van der Waals surface area contributed by atoms with Gasteiger partial charge in [0, 0.05) is 25.3 Å². The van der Waals surface area contributed by atoms with Gasteiger partial charge in [-0.05, 0) is 73.8 Å². The van der Waals surface area contributed by atoms with Crippen molar-refractivity contribution >= 4 is 11.6 Å². The first kappa shape index (κ1) is 22.0. The van der Waals surface area contributed by atoms with E-state index in [0.717, 1.165) is 62.4 Å². The lowest BCUT2D eigenvalue weighted by Gasteiger charge is -2.23. The van der Waals surface area contributed by atoms with Crippen LogP contribution in [0.15, 0.2) is 36.4 Å². The van der Waals surface area contributed by atoms with Crippen LogP contribution in [-0.4, -0.2) is 63.2 Å². The molecule has 6 heteroatoms. The molecule has 2 N–H and O–H groups in total. The summed E-state index contributed by atoms with van der Waals surface area (Å²) in [5.41, 5.74) is 10.0. The summed E-state index contributed by atoms with van der Waals surface area (Å²) in [6, 6.07) is 12.0. The molecule has 0 aromatic heterocycles. The second kappa shape index (κ2) is 10.3. The number of hydrogen-bond acceptors (Lipinski definition) is 5. The Bertz CT molecular complexity index is 852. The third-order valence-corrected chi connectivity index (χ3v) is 5.78. The van der Waals surface area contributed by atoms with Gasteiger partial charge in [0.2, 0.25) is 5.91 Å². The number of nitrogens with zero attached hydrogens (tertiary/aromatic N) is 2. The van der Waals surface area contributed by atoms with Crippen molar-refractivity contribution < 1.29 is 14.3 Å². The number of rotatable bonds is 9. The van der Waals surface area contributed by atoms with E-state index in [1.165, 1.54) is 11.1 Å². The van der Waals surface area contributed by atoms with Crippen LogP contribution in [0.3, 0.4) is 0 Å². The topological polar surface area (TPSA) is 68.0 Å². The maximum Gasteiger partial charge on any atom is 0.227 e. The van der Waals surface area contributed by atoms with Gasteiger partial charge in [0.05, 0.1) is 20.6 Å². The fourth-order valence-corrected chi connectivity index (χ4v) is 3.90. The van der Waals surface area contributed by atoms with E-state index >= 15 is 0 Å². The molecular formula is C24H33N3O3. The predicted octanol–water partition coefficient (Wildman–Crippen LogP) is 2.78. The van der Waals surface area contributed by atoms with Gasteiger partial charge >= 0.3 is 0 Å². The minimum Gasteiger partial charge on any atom is -0.493 e. The zero-order valence-electron chi connectivity index (χ0n) is 18.3. The molecule has 0 bridgehead atoms. The molecule has 162 valence electrons. The van der Waals surface area contributed by atoms with Gasteiger partial charge < -0.3 is 25.0 Å². The Hall–Kier alpha value is -2.73. The molecule has 6 nitrogen and oxygen atoms in total. The van der Waals surface area contributed by atoms with E-state index in [2.05, 4.69) is 24.1 Å². The minimum absolute atomic E-state index is 0.186. The molecule has 0 spiro atoms. The van der Waals surface area contributed by atoms with E-state index in [4.69, 9.17) is 15.2 Å². The Labute approximate surface area is 179 Å². The van der Waals surface area contributed by atoms with Gasteiger partial charge in [-0.2, -0.15) is 0 Å². The molecule has 0 unspecified atom stereocenters. The molecular weight excluding hydrogens is 378 g/mol. The van der Waals surface area contributed by atoms with Crippen molar-refractivity contribution in [2.45, 2.75) is 25.7 Å². The molecule has 3 rings (SSSR count). The van der Waals surface area contributed by atoms with Gasteiger partial charge in [-0.25, -0.2) is 0 Å². The first-order valence-electron chi connectivity index (χ1n) is 10.5. The van der Waals surface area contributed by atoms with Crippen LogP contribution in [0.1, 0.15) is 23.1 Å². The number of likely N-dealkylation sites (N-methyl/N-ethyl adjacent to an activating group) is 1. The molecule has 1 aliphatic heterocycles. The number of ether oxygens (including phenoxy) is 2. The molecule has 0 atom stereocenters. The summed E-state index contributed by atoms with van der Waals surface area (Å²) in [7, 11) is 5.40. The number of carbonyl (C=O) groups is 1. The Morgan fingerprint density at radius 1 is 1.03 bits per heavy atom. The Morgan fingerprint density at radius 3 is 2.37 bits per heavy atom. The highest BCUT2D eigenvalue weighted by Gasteiger charge is 2.22. The Morgan fingerprint density at radius 2 is 1.70 bits per heavy atom. The number of fused-ring (bicyclic) bond motifs is 1. The maximum absolute atomic E-state index is 12.8. The SMILES string of the molecule is COc1cc2c(cc1OC)CC(=O)N(CCCN(C)CCc1ccc(N)cc1)CC2. The average molecular weight is 412 g/mol. The normalized spacial score (nSPS) is 13.9. The standard InChI is InChI=1S/C24H33N3O3/c1-26(13-9-18-5-7-21(25)8-6-18)11-4-12-27-14-10-19-15-22(29-2)23(30-3)16-20(19)17-24(27)28/h5-8,15-16H,4,9-14,17,25H2,1-3H3. The molecule has 0 saturated carbocycles. The zero-order chi connectivity index (χ0) is 21.5. The summed E-state index contributed by atoms with van der Waals surface area (Å²) in [5, 5.41) is 0. The third kappa shape index (κ3) is 5.66. The van der Waals surface area contributed by atoms with Gasteiger partial charge in [-0.15, -0.1) is 0 Å². The molecule has 0 radical (unpaired) electrons. The van der Waals surface area contributed by atoms with Crippen LogP contribution >= 0.6 is 0 Å². The van der Waals surface area contributed by atoms with Crippen molar-refractivity contribution in [1.29, 1.82) is 0 Å². The van der Waals surface area contributed by atoms with Gasteiger partial charge in [-0.3, -0.25) is 4.79 Å². The van der Waals surface area contributed by atoms with Gasteiger partial charge in [-0.1, -0.05) is 12.1 Å². The molecule has 0 aliphatic carbocycles. The van der Waals surface area contributed by atoms with Gasteiger partial charge in [0.1, 0.15) is 0 Å². The smallest absolute Gasteiger partial charge is 0.227 e. The number of nitrogens with two attached hydrogens (primary N) is 1. The van der Waals surface area contributed by atoms with E-state index in [1.54, 1.807) is 14.2 Å². The Balaban J connectivity index is 1.47. The van der Waals surface area contributed by atoms with Crippen molar-refractivity contribution in [2.24, 2.45) is 0 Å². The fourth-order valence-electron chi connectivity index (χ4n) is 3.90. The summed E-state index contributed by atoms with van der Waals surface area (Å²) < 4.78 is 10.8. The van der Waals surface area contributed by atoms with Crippen molar-refractivity contribution in [3.63, 3.8) is 0 Å². The fraction of sp³-hybridized carbons (Fsp3) is 0.458. The molecule has 2 aromatic rings. The summed E-state index contributed by atoms with van der Waals surface area (Å²) in [5.74, 6) is 1.59. The number of carbonyl (C=O) groups excluding carboxylic acids is 1. The molecule has 2 aromatic carbocycles. The van der Waals surface area contributed by atoms with Crippen LogP contribution in [0.2, 0.25) is 0 Å². The van der Waals surface area contributed by atoms with Gasteiger partial charge in [0.15, 0.2) is 11.5 Å². The number of amides is 1. The molecule has 1 heterocycles. The zero-order valence-corrected chi connectivity index (χ0v) is 18.3. The predicted molar refractivity (Wildman–Crippen MR) is 120 cm³/mol. The van der Waals surface area contributed by atoms with Crippen molar-refractivity contribution in [3.8, 4) is 11.5 Å². The van der Waals surface area contributed by atoms with Crippen LogP contribution in [0.25, 0.3) is 0 Å². The van der Waals surface area contributed by atoms with Crippen LogP contribution in [0, 0.1) is 0 Å². The lowest BCUT2D eigenvalue weighted by atomic mass is 10.0. The lowest BCUT2D eigenvalue weighted by molar-refractivity contribution is -0.130. The monoisotopic (exact) mass is 411 g/mol. The van der Waals surface area contributed by atoms with E-state index in [9.17, 15) is 4.79 Å². The quantitative estimate of drug-likeness (QED) is 0.643. The number of nitrogen functional groups attached to an aromatic ring is 1. The first-order valence-corrected chi connectivity index (χ1v) is 10.5. The molecule has 1 amide bonds. The van der Waals surface area contributed by atoms with Crippen LogP contribution < -0.4 is 15.2 Å². The minimum atomic E-state index is 0.186. The summed E-state index contributed by atoms with van der Waals surface area (Å²) in [4.78, 5) is 17.1. The van der Waals surface area contributed by atoms with Crippen LogP contribution in [0.4, 0.5) is 5.69 Å². The summed E-state index contributed by atoms with van der Waals surface area (Å²) >= 11 is 0. The van der Waals surface area contributed by atoms with Crippen molar-refractivity contribution in [1.82, 2.24) is 9.80 Å². The van der Waals surface area contributed by atoms with E-state index in [-0.39, 0.29) is 5.91 Å². The van der Waals surface area contributed by atoms with E-state index < -0.39 is 0 Å². The molecule has 0 fully saturated rings. The summed E-state index contributed by atoms with van der Waals surface area (Å²) in [6.45, 7) is 3.49. The number of benzene rings is 2. The van der Waals surface area contributed by atoms with Gasteiger partial charge in [0.25, 0.3) is 0 Å². The van der Waals surface area contributed by atoms with E-state index in [1.807, 2.05) is 29.2 Å². The number of anilines is 1. The number of methoxy groups -OCH3 is 2. The third-order valence-electron chi connectivity index (χ3n) is 5.78. The van der Waals surface area contributed by atoms with Crippen molar-refractivity contribution in [3.05, 3.63) is 53.1 Å². The van der Waals surface area contributed by atoms with E-state index in [0.29, 0.717) is 12.2 Å². The van der Waals surface area contributed by atoms with Crippen molar-refractivity contribution in [2.75, 3.05) is 53.2 Å². The average Bonchev–Trinajstić information content (AvgIpc) is 2.90. The van der Waals surface area contributed by atoms with Crippen LogP contribution in [-0.2, 0) is 24.1 Å². The second-order valence-electron chi connectivity index (χ2n) is 7.93. The first-order chi connectivity index (χ1) is 14.5. The lowest BCUT2D eigenvalue weighted by Crippen LogP contribution is -2.35. The molecule has 0 saturated heterocycles. The largest absolute Gasteiger partial charge is 0.493 e. The Kier molecular flexibility index (Phi) is 7.57. The highest BCUT2D eigenvalue weighted by Crippen LogP contribution is 2.32. The molecule has 30 heavy (non-hydrogen) atoms. The summed E-state index contributed by atoms with van der Waals surface area (Å²) in [6.07, 6.45) is 3.22. The molecule has 1 aliphatic rings. The number of hydrogen-bond donors (Lipinski definition) is 1. The maximum atomic E-state index is 12.8. The van der Waals surface area contributed by atoms with Crippen LogP contribution in [0.5, 0.6) is 11.5 Å². The highest BCUT2D eigenvalue weighted by atomic mass is 16.5. The second-order valence-corrected chi connectivity index (χ2v) is 7.93.